The minimum absolute atomic E-state index is 0.219. The zero-order valence-corrected chi connectivity index (χ0v) is 5.96. The Bertz CT molecular complexity index is 141. The molecule has 0 aliphatic heterocycles. The summed E-state index contributed by atoms with van der Waals surface area (Å²) in [5.74, 6) is -0.672. The van der Waals surface area contributed by atoms with E-state index in [1.54, 1.807) is 0 Å². The van der Waals surface area contributed by atoms with Gasteiger partial charge in [-0.1, -0.05) is 6.58 Å². The third-order valence-electron chi connectivity index (χ3n) is 0.758. The largest absolute Gasteiger partial charge is 0.407 e. The van der Waals surface area contributed by atoms with E-state index in [0.717, 1.165) is 0 Å². The van der Waals surface area contributed by atoms with Crippen molar-refractivity contribution in [1.29, 1.82) is 0 Å². The second kappa shape index (κ2) is 4.03. The van der Waals surface area contributed by atoms with E-state index >= 15 is 0 Å². The Kier molecular flexibility index (Phi) is 3.68. The minimum Gasteiger partial charge on any atom is -0.407 e. The van der Waals surface area contributed by atoms with Crippen molar-refractivity contribution in [1.82, 2.24) is 0 Å². The molecule has 0 spiro atoms. The monoisotopic (exact) mass is 146 g/mol. The molecule has 0 aromatic heterocycles. The molecule has 4 nitrogen and oxygen atoms in total. The van der Waals surface area contributed by atoms with Crippen molar-refractivity contribution in [2.45, 2.75) is 13.4 Å². The molecule has 1 atom stereocenters. The summed E-state index contributed by atoms with van der Waals surface area (Å²) in [5.41, 5.74) is 0.219. The van der Waals surface area contributed by atoms with Crippen LogP contribution in [-0.2, 0) is 14.3 Å². The third kappa shape index (κ3) is 3.21. The van der Waals surface area contributed by atoms with Gasteiger partial charge in [0, 0.05) is 12.7 Å². The minimum atomic E-state index is -1.50. The fraction of sp³-hybridized carbons (Fsp3) is 0.500. The van der Waals surface area contributed by atoms with Crippen LogP contribution in [-0.4, -0.2) is 24.7 Å². The number of methoxy groups -OCH3 is 1. The number of carbonyl (C=O) groups is 1. The molecule has 0 heterocycles. The van der Waals surface area contributed by atoms with Crippen molar-refractivity contribution in [3.05, 3.63) is 12.2 Å². The number of rotatable bonds is 3. The maximum atomic E-state index is 10.6. The Morgan fingerprint density at radius 3 is 2.50 bits per heavy atom. The smallest absolute Gasteiger partial charge is 0.337 e. The highest BCUT2D eigenvalue weighted by Gasteiger charge is 2.08. The van der Waals surface area contributed by atoms with Crippen LogP contribution in [0.1, 0.15) is 6.92 Å². The molecule has 0 fully saturated rings. The Labute approximate surface area is 59.1 Å². The van der Waals surface area contributed by atoms with Crippen LogP contribution in [0.3, 0.4) is 0 Å². The quantitative estimate of drug-likeness (QED) is 0.346. The van der Waals surface area contributed by atoms with Gasteiger partial charge in [0.2, 0.25) is 0 Å². The fourth-order valence-corrected chi connectivity index (χ4v) is 0.240. The average molecular weight is 146 g/mol. The molecule has 0 bridgehead atoms. The first-order valence-electron chi connectivity index (χ1n) is 2.65. The summed E-state index contributed by atoms with van der Waals surface area (Å²) >= 11 is 0. The van der Waals surface area contributed by atoms with Crippen LogP contribution in [0.5, 0.6) is 0 Å². The Balaban J connectivity index is 3.68. The normalized spacial score (nSPS) is 12.3. The average Bonchev–Trinajstić information content (AvgIpc) is 1.87. The molecule has 1 N–H and O–H groups in total. The van der Waals surface area contributed by atoms with Gasteiger partial charge >= 0.3 is 12.4 Å². The third-order valence-corrected chi connectivity index (χ3v) is 0.758. The zero-order chi connectivity index (χ0) is 8.15. The van der Waals surface area contributed by atoms with Gasteiger partial charge in [0.15, 0.2) is 0 Å². The SMILES string of the molecule is C=C(C)C(=O)OC(O)OC. The molecule has 0 amide bonds. The summed E-state index contributed by atoms with van der Waals surface area (Å²) in [6, 6.07) is 0. The molecule has 10 heavy (non-hydrogen) atoms. The lowest BCUT2D eigenvalue weighted by Gasteiger charge is -2.08. The molecule has 0 aromatic carbocycles. The van der Waals surface area contributed by atoms with Crippen LogP contribution in [0.15, 0.2) is 12.2 Å². The van der Waals surface area contributed by atoms with E-state index in [2.05, 4.69) is 16.1 Å². The summed E-state index contributed by atoms with van der Waals surface area (Å²) in [5, 5.41) is 8.57. The summed E-state index contributed by atoms with van der Waals surface area (Å²) in [4.78, 5) is 10.6. The summed E-state index contributed by atoms with van der Waals surface area (Å²) in [6.45, 7) is 3.28. The number of hydrogen-bond donors (Lipinski definition) is 1. The van der Waals surface area contributed by atoms with Crippen molar-refractivity contribution in [3.8, 4) is 0 Å². The summed E-state index contributed by atoms with van der Waals surface area (Å²) < 4.78 is 8.50. The van der Waals surface area contributed by atoms with Crippen LogP contribution >= 0.6 is 0 Å². The number of aliphatic hydroxyl groups excluding tert-OH is 1. The van der Waals surface area contributed by atoms with Crippen molar-refractivity contribution in [2.24, 2.45) is 0 Å². The van der Waals surface area contributed by atoms with Gasteiger partial charge in [-0.15, -0.1) is 0 Å². The van der Waals surface area contributed by atoms with E-state index in [1.165, 1.54) is 14.0 Å². The van der Waals surface area contributed by atoms with Gasteiger partial charge in [-0.2, -0.15) is 0 Å². The van der Waals surface area contributed by atoms with E-state index in [4.69, 9.17) is 5.11 Å². The predicted molar refractivity (Wildman–Crippen MR) is 33.9 cm³/mol. The highest BCUT2D eigenvalue weighted by molar-refractivity contribution is 5.86. The highest BCUT2D eigenvalue weighted by Crippen LogP contribution is 1.95. The molecule has 0 aliphatic rings. The summed E-state index contributed by atoms with van der Waals surface area (Å²) in [7, 11) is 1.22. The number of aliphatic hydroxyl groups is 1. The van der Waals surface area contributed by atoms with Crippen LogP contribution in [0.25, 0.3) is 0 Å². The number of hydrogen-bond acceptors (Lipinski definition) is 4. The molecule has 58 valence electrons. The van der Waals surface area contributed by atoms with Gasteiger partial charge in [0.25, 0.3) is 0 Å². The van der Waals surface area contributed by atoms with Gasteiger partial charge in [-0.3, -0.25) is 0 Å². The first kappa shape index (κ1) is 9.13. The lowest BCUT2D eigenvalue weighted by Crippen LogP contribution is -2.19. The van der Waals surface area contributed by atoms with E-state index in [1.807, 2.05) is 0 Å². The second-order valence-corrected chi connectivity index (χ2v) is 1.73. The topological polar surface area (TPSA) is 55.8 Å². The predicted octanol–water partition coefficient (Wildman–Crippen LogP) is 0.0280. The Hall–Kier alpha value is -0.870. The van der Waals surface area contributed by atoms with Crippen LogP contribution in [0.4, 0.5) is 0 Å². The molecule has 0 rings (SSSR count). The lowest BCUT2D eigenvalue weighted by molar-refractivity contribution is -0.239. The fourth-order valence-electron chi connectivity index (χ4n) is 0.240. The van der Waals surface area contributed by atoms with Gasteiger partial charge in [0.05, 0.1) is 0 Å². The van der Waals surface area contributed by atoms with Crippen molar-refractivity contribution in [3.63, 3.8) is 0 Å². The zero-order valence-electron chi connectivity index (χ0n) is 5.96. The van der Waals surface area contributed by atoms with Crippen LogP contribution < -0.4 is 0 Å². The van der Waals surface area contributed by atoms with E-state index in [9.17, 15) is 4.79 Å². The molecule has 0 radical (unpaired) electrons. The van der Waals surface area contributed by atoms with Gasteiger partial charge in [0.1, 0.15) is 0 Å². The molecule has 0 aliphatic carbocycles. The Morgan fingerprint density at radius 1 is 1.70 bits per heavy atom. The molecule has 1 unspecified atom stereocenters. The number of esters is 1. The van der Waals surface area contributed by atoms with Gasteiger partial charge in [-0.25, -0.2) is 4.79 Å². The Morgan fingerprint density at radius 2 is 2.20 bits per heavy atom. The van der Waals surface area contributed by atoms with Crippen molar-refractivity contribution < 1.29 is 19.4 Å². The molecule has 0 aromatic rings. The van der Waals surface area contributed by atoms with E-state index in [0.29, 0.717) is 0 Å². The highest BCUT2D eigenvalue weighted by atomic mass is 16.8. The molecule has 0 saturated carbocycles. The first-order valence-corrected chi connectivity index (χ1v) is 2.65. The molecular weight excluding hydrogens is 136 g/mol. The maximum absolute atomic E-state index is 10.6. The van der Waals surface area contributed by atoms with Gasteiger partial charge < -0.3 is 14.6 Å². The number of carbonyl (C=O) groups excluding carboxylic acids is 1. The van der Waals surface area contributed by atoms with Crippen LogP contribution in [0, 0.1) is 0 Å². The van der Waals surface area contributed by atoms with Crippen molar-refractivity contribution >= 4 is 5.97 Å². The van der Waals surface area contributed by atoms with Gasteiger partial charge in [-0.05, 0) is 6.92 Å². The molecule has 4 heteroatoms. The first-order chi connectivity index (χ1) is 4.57. The van der Waals surface area contributed by atoms with E-state index < -0.39 is 12.4 Å². The standard InChI is InChI=1S/C6H10O4/c1-4(2)5(7)10-6(8)9-3/h6,8H,1H2,2-3H3. The van der Waals surface area contributed by atoms with Crippen molar-refractivity contribution in [2.75, 3.05) is 7.11 Å². The lowest BCUT2D eigenvalue weighted by atomic mass is 10.4. The van der Waals surface area contributed by atoms with Crippen LogP contribution in [0.2, 0.25) is 0 Å². The van der Waals surface area contributed by atoms with E-state index in [-0.39, 0.29) is 5.57 Å². The molecular formula is C6H10O4. The summed E-state index contributed by atoms with van der Waals surface area (Å²) in [6.07, 6.45) is 0. The second-order valence-electron chi connectivity index (χ2n) is 1.73. The maximum Gasteiger partial charge on any atom is 0.337 e. The molecule has 0 saturated heterocycles. The number of ether oxygens (including phenoxy) is 2.